The number of carbonyl (C=O) groups is 3. The van der Waals surface area contributed by atoms with Crippen LogP contribution in [0.25, 0.3) is 0 Å². The van der Waals surface area contributed by atoms with E-state index in [0.717, 1.165) is 89.9 Å². The molecular formula is C47H76O10. The minimum atomic E-state index is -0.842. The van der Waals surface area contributed by atoms with E-state index in [1.54, 1.807) is 0 Å². The van der Waals surface area contributed by atoms with Crippen LogP contribution in [0.15, 0.2) is 0 Å². The summed E-state index contributed by atoms with van der Waals surface area (Å²) in [5.74, 6) is 2.17. The zero-order chi connectivity index (χ0) is 41.7. The summed E-state index contributed by atoms with van der Waals surface area (Å²) < 4.78 is 17.7. The first-order valence-electron chi connectivity index (χ1n) is 22.9. The van der Waals surface area contributed by atoms with Gasteiger partial charge in [0.1, 0.15) is 16.8 Å². The van der Waals surface area contributed by atoms with Crippen molar-refractivity contribution in [1.29, 1.82) is 0 Å². The lowest BCUT2D eigenvalue weighted by Crippen LogP contribution is -2.67. The molecule has 12 rings (SSSR count). The normalized spacial score (nSPS) is 46.0. The molecule has 0 amide bonds. The summed E-state index contributed by atoms with van der Waals surface area (Å²) in [5.41, 5.74) is -5.04. The number of aliphatic hydroxyl groups is 4. The minimum Gasteiger partial charge on any atom is -0.459 e. The number of esters is 3. The Morgan fingerprint density at radius 2 is 0.842 bits per heavy atom. The Labute approximate surface area is 341 Å². The molecule has 10 nitrogen and oxygen atoms in total. The van der Waals surface area contributed by atoms with E-state index in [0.29, 0.717) is 55.8 Å². The molecule has 12 saturated carbocycles. The Morgan fingerprint density at radius 1 is 0.509 bits per heavy atom. The highest BCUT2D eigenvalue weighted by Gasteiger charge is 2.65. The molecule has 12 bridgehead atoms. The molecule has 12 aliphatic rings. The quantitative estimate of drug-likeness (QED) is 0.134. The maximum Gasteiger partial charge on any atom is 0.312 e. The van der Waals surface area contributed by atoms with E-state index in [-0.39, 0.29) is 40.9 Å². The lowest BCUT2D eigenvalue weighted by atomic mass is 9.50. The maximum atomic E-state index is 12.4. The molecule has 0 aromatic rings. The summed E-state index contributed by atoms with van der Waals surface area (Å²) >= 11 is 0. The van der Waals surface area contributed by atoms with Gasteiger partial charge in [0.05, 0.1) is 39.2 Å². The average Bonchev–Trinajstić information content (AvgIpc) is 3.04. The molecule has 0 heterocycles. The third-order valence-corrected chi connectivity index (χ3v) is 16.7. The van der Waals surface area contributed by atoms with E-state index in [2.05, 4.69) is 0 Å². The molecule has 7 unspecified atom stereocenters. The fourth-order valence-electron chi connectivity index (χ4n) is 14.3. The number of hydrogen-bond donors (Lipinski definition) is 4. The third kappa shape index (κ3) is 8.73. The van der Waals surface area contributed by atoms with Crippen molar-refractivity contribution in [2.24, 2.45) is 46.3 Å². The molecule has 0 aromatic carbocycles. The van der Waals surface area contributed by atoms with E-state index in [1.807, 2.05) is 55.4 Å². The summed E-state index contributed by atoms with van der Waals surface area (Å²) in [4.78, 5) is 36.8. The van der Waals surface area contributed by atoms with Gasteiger partial charge in [0, 0.05) is 32.1 Å². The molecule has 10 heteroatoms. The van der Waals surface area contributed by atoms with Crippen molar-refractivity contribution < 1.29 is 49.0 Å². The van der Waals surface area contributed by atoms with E-state index in [4.69, 9.17) is 14.2 Å². The fourth-order valence-corrected chi connectivity index (χ4v) is 14.3. The van der Waals surface area contributed by atoms with E-state index in [9.17, 15) is 34.8 Å². The second-order valence-electron chi connectivity index (χ2n) is 23.4. The van der Waals surface area contributed by atoms with Crippen LogP contribution in [0.3, 0.4) is 0 Å². The molecule has 4 N–H and O–H groups in total. The molecule has 0 aromatic heterocycles. The van der Waals surface area contributed by atoms with E-state index >= 15 is 0 Å². The van der Waals surface area contributed by atoms with Crippen LogP contribution in [-0.4, -0.2) is 77.5 Å². The van der Waals surface area contributed by atoms with Crippen molar-refractivity contribution in [3.63, 3.8) is 0 Å². The van der Waals surface area contributed by atoms with E-state index in [1.165, 1.54) is 12.8 Å². The molecule has 0 saturated heterocycles. The first-order valence-corrected chi connectivity index (χ1v) is 22.9. The Morgan fingerprint density at radius 3 is 1.19 bits per heavy atom. The van der Waals surface area contributed by atoms with Gasteiger partial charge in [0.15, 0.2) is 0 Å². The minimum absolute atomic E-state index is 0.0207. The van der Waals surface area contributed by atoms with Crippen molar-refractivity contribution in [2.45, 2.75) is 229 Å². The Bertz CT molecular complexity index is 1520. The number of hydrogen-bond acceptors (Lipinski definition) is 10. The van der Waals surface area contributed by atoms with Gasteiger partial charge in [-0.2, -0.15) is 0 Å². The first kappa shape index (κ1) is 43.3. The van der Waals surface area contributed by atoms with Crippen LogP contribution >= 0.6 is 0 Å². The highest BCUT2D eigenvalue weighted by atomic mass is 16.6. The van der Waals surface area contributed by atoms with Crippen LogP contribution in [0.4, 0.5) is 0 Å². The van der Waals surface area contributed by atoms with Crippen LogP contribution in [0, 0.1) is 46.3 Å². The van der Waals surface area contributed by atoms with Gasteiger partial charge in [-0.3, -0.25) is 14.4 Å². The predicted molar refractivity (Wildman–Crippen MR) is 214 cm³/mol. The summed E-state index contributed by atoms with van der Waals surface area (Å²) in [6.07, 6.45) is 17.4. The van der Waals surface area contributed by atoms with Gasteiger partial charge in [-0.05, 0) is 160 Å². The van der Waals surface area contributed by atoms with Crippen molar-refractivity contribution in [3.05, 3.63) is 0 Å². The third-order valence-electron chi connectivity index (χ3n) is 16.7. The Balaban J connectivity index is 0.000000131. The topological polar surface area (TPSA) is 160 Å². The molecule has 12 fully saturated rings. The van der Waals surface area contributed by atoms with Gasteiger partial charge in [-0.1, -0.05) is 27.7 Å². The summed E-state index contributed by atoms with van der Waals surface area (Å²) in [7, 11) is 0. The smallest absolute Gasteiger partial charge is 0.312 e. The highest BCUT2D eigenvalue weighted by Crippen LogP contribution is 2.62. The molecule has 57 heavy (non-hydrogen) atoms. The van der Waals surface area contributed by atoms with Gasteiger partial charge >= 0.3 is 17.9 Å². The van der Waals surface area contributed by atoms with Crippen molar-refractivity contribution in [3.8, 4) is 0 Å². The fraction of sp³-hybridized carbons (Fsp3) is 0.936. The summed E-state index contributed by atoms with van der Waals surface area (Å²) in [6.45, 7) is 15.6. The second kappa shape index (κ2) is 14.4. The monoisotopic (exact) mass is 801 g/mol. The lowest BCUT2D eigenvalue weighted by molar-refractivity contribution is -0.264. The van der Waals surface area contributed by atoms with Gasteiger partial charge in [-0.25, -0.2) is 0 Å². The standard InChI is InChI=1S/C16H26O4.C16H26O3.C15H24O3/c1-4-13(2,3)12(17)20-16-7-11-5-14(18,9-16)8-15(19,6-11)10-16;1-4-14(2,3)13(17)19-16-8-11-5-12(9-16)7-15(18,6-11)10-16;1-3-10(2)13(16)18-15-7-11-4-12(8-15)6-14(17,5-11)9-15/h11,18-19H,4-10H2,1-3H3;11-12,18H,4-10H2,1-3H3;10-12,17H,3-9H2,1-2H3. The van der Waals surface area contributed by atoms with E-state index < -0.39 is 38.8 Å². The van der Waals surface area contributed by atoms with Gasteiger partial charge < -0.3 is 34.6 Å². The predicted octanol–water partition coefficient (Wildman–Crippen LogP) is 7.87. The molecule has 0 aliphatic heterocycles. The summed E-state index contributed by atoms with van der Waals surface area (Å²) in [5, 5.41) is 42.5. The molecule has 12 aliphatic carbocycles. The Hall–Kier alpha value is -1.75. The zero-order valence-corrected chi connectivity index (χ0v) is 36.6. The van der Waals surface area contributed by atoms with Gasteiger partial charge in [0.25, 0.3) is 0 Å². The molecule has 324 valence electrons. The number of ether oxygens (including phenoxy) is 3. The molecule has 7 atom stereocenters. The molecule has 0 radical (unpaired) electrons. The molecular weight excluding hydrogens is 725 g/mol. The van der Waals surface area contributed by atoms with Crippen LogP contribution in [0.2, 0.25) is 0 Å². The van der Waals surface area contributed by atoms with Gasteiger partial charge in [0.2, 0.25) is 0 Å². The summed E-state index contributed by atoms with van der Waals surface area (Å²) in [6, 6.07) is 0. The van der Waals surface area contributed by atoms with Crippen LogP contribution in [0.1, 0.15) is 190 Å². The highest BCUT2D eigenvalue weighted by molar-refractivity contribution is 5.77. The number of carbonyl (C=O) groups excluding carboxylic acids is 3. The van der Waals surface area contributed by atoms with Crippen LogP contribution in [-0.2, 0) is 28.6 Å². The van der Waals surface area contributed by atoms with Crippen LogP contribution < -0.4 is 0 Å². The van der Waals surface area contributed by atoms with Crippen molar-refractivity contribution in [2.75, 3.05) is 0 Å². The molecule has 0 spiro atoms. The first-order chi connectivity index (χ1) is 26.3. The zero-order valence-electron chi connectivity index (χ0n) is 36.6. The van der Waals surface area contributed by atoms with Crippen molar-refractivity contribution in [1.82, 2.24) is 0 Å². The second-order valence-corrected chi connectivity index (χ2v) is 23.4. The van der Waals surface area contributed by atoms with Crippen molar-refractivity contribution >= 4 is 17.9 Å². The average molecular weight is 801 g/mol. The largest absolute Gasteiger partial charge is 0.459 e. The Kier molecular flexibility index (Phi) is 11.0. The SMILES string of the molecule is CCC(C)(C)C(=O)OC12CC3CC(CC(O)(C3)C1)C2.CCC(C)(C)C(=O)OC12CC3CC(O)(CC(O)(C3)C1)C2.CCC(C)C(=O)OC12CC3CC(CC(O)(C3)C1)C2. The maximum absolute atomic E-state index is 12.4. The lowest BCUT2D eigenvalue weighted by Gasteiger charge is -2.62. The van der Waals surface area contributed by atoms with Crippen LogP contribution in [0.5, 0.6) is 0 Å². The number of rotatable bonds is 9. The van der Waals surface area contributed by atoms with Gasteiger partial charge in [-0.15, -0.1) is 0 Å².